The molecule has 2 amide bonds. The smallest absolute Gasteiger partial charge is 0.314 e. The monoisotopic (exact) mass is 236 g/mol. The van der Waals surface area contributed by atoms with Crippen LogP contribution in [0.2, 0.25) is 0 Å². The van der Waals surface area contributed by atoms with Crippen molar-refractivity contribution in [3.05, 3.63) is 35.6 Å². The Morgan fingerprint density at radius 3 is 2.71 bits per heavy atom. The molecule has 1 aliphatic heterocycles. The van der Waals surface area contributed by atoms with Gasteiger partial charge in [-0.1, -0.05) is 12.1 Å². The van der Waals surface area contributed by atoms with E-state index in [1.54, 1.807) is 17.0 Å². The summed E-state index contributed by atoms with van der Waals surface area (Å²) in [6.07, 6.45) is 2.77. The molecule has 1 aromatic carbocycles. The van der Waals surface area contributed by atoms with Crippen LogP contribution in [0.1, 0.15) is 18.4 Å². The van der Waals surface area contributed by atoms with E-state index in [1.165, 1.54) is 6.07 Å². The van der Waals surface area contributed by atoms with E-state index < -0.39 is 0 Å². The van der Waals surface area contributed by atoms with Crippen LogP contribution in [-0.2, 0) is 6.42 Å². The second-order valence-corrected chi connectivity index (χ2v) is 4.60. The Bertz CT molecular complexity index is 400. The predicted octanol–water partition coefficient (Wildman–Crippen LogP) is 2.16. The van der Waals surface area contributed by atoms with Crippen LogP contribution in [0.5, 0.6) is 0 Å². The lowest BCUT2D eigenvalue weighted by Gasteiger charge is -2.30. The topological polar surface area (TPSA) is 46.3 Å². The number of carbonyl (C=O) groups is 1. The van der Waals surface area contributed by atoms with E-state index in [2.05, 4.69) is 0 Å². The Hall–Kier alpha value is -1.58. The molecule has 0 saturated carbocycles. The Kier molecular flexibility index (Phi) is 3.61. The van der Waals surface area contributed by atoms with Gasteiger partial charge in [-0.05, 0) is 42.9 Å². The van der Waals surface area contributed by atoms with E-state index >= 15 is 0 Å². The van der Waals surface area contributed by atoms with Crippen LogP contribution < -0.4 is 5.73 Å². The number of amides is 2. The first kappa shape index (κ1) is 11.9. The maximum Gasteiger partial charge on any atom is 0.314 e. The summed E-state index contributed by atoms with van der Waals surface area (Å²) in [5.41, 5.74) is 6.25. The van der Waals surface area contributed by atoms with E-state index in [1.807, 2.05) is 6.07 Å². The molecule has 17 heavy (non-hydrogen) atoms. The molecule has 1 aromatic rings. The first-order chi connectivity index (χ1) is 8.15. The summed E-state index contributed by atoms with van der Waals surface area (Å²) in [6.45, 7) is 1.44. The van der Waals surface area contributed by atoms with Crippen LogP contribution in [0.15, 0.2) is 24.3 Å². The molecule has 0 unspecified atom stereocenters. The third-order valence-electron chi connectivity index (χ3n) is 3.34. The zero-order valence-corrected chi connectivity index (χ0v) is 9.73. The number of likely N-dealkylation sites (tertiary alicyclic amines) is 1. The number of rotatable bonds is 2. The molecule has 2 rings (SSSR count). The van der Waals surface area contributed by atoms with Crippen LogP contribution in [0.3, 0.4) is 0 Å². The van der Waals surface area contributed by atoms with Crippen LogP contribution in [0.25, 0.3) is 0 Å². The molecule has 0 aliphatic carbocycles. The van der Waals surface area contributed by atoms with Gasteiger partial charge in [0.25, 0.3) is 0 Å². The van der Waals surface area contributed by atoms with Crippen LogP contribution in [0, 0.1) is 11.7 Å². The molecular formula is C13H17FN2O. The van der Waals surface area contributed by atoms with Gasteiger partial charge < -0.3 is 10.6 Å². The van der Waals surface area contributed by atoms with E-state index in [0.29, 0.717) is 5.92 Å². The summed E-state index contributed by atoms with van der Waals surface area (Å²) in [4.78, 5) is 12.6. The van der Waals surface area contributed by atoms with Crippen molar-refractivity contribution >= 4 is 6.03 Å². The highest BCUT2D eigenvalue weighted by Crippen LogP contribution is 2.21. The van der Waals surface area contributed by atoms with E-state index in [-0.39, 0.29) is 11.8 Å². The lowest BCUT2D eigenvalue weighted by molar-refractivity contribution is 0.179. The fourth-order valence-electron chi connectivity index (χ4n) is 2.35. The number of carbonyl (C=O) groups excluding carboxylic acids is 1. The highest BCUT2D eigenvalue weighted by molar-refractivity contribution is 5.72. The summed E-state index contributed by atoms with van der Waals surface area (Å²) in [7, 11) is 0. The SMILES string of the molecule is NC(=O)N1CCC(Cc2cccc(F)c2)CC1. The van der Waals surface area contributed by atoms with Crippen molar-refractivity contribution in [2.75, 3.05) is 13.1 Å². The molecule has 4 heteroatoms. The number of urea groups is 1. The fourth-order valence-corrected chi connectivity index (χ4v) is 2.35. The highest BCUT2D eigenvalue weighted by atomic mass is 19.1. The van der Waals surface area contributed by atoms with E-state index in [0.717, 1.165) is 37.9 Å². The molecule has 0 atom stereocenters. The Labute approximate surface area is 100 Å². The molecule has 2 N–H and O–H groups in total. The first-order valence-corrected chi connectivity index (χ1v) is 5.94. The van der Waals surface area contributed by atoms with Gasteiger partial charge in [-0.3, -0.25) is 0 Å². The standard InChI is InChI=1S/C13H17FN2O/c14-12-3-1-2-11(9-12)8-10-4-6-16(7-5-10)13(15)17/h1-3,9-10H,4-8H2,(H2,15,17). The van der Waals surface area contributed by atoms with Crippen molar-refractivity contribution < 1.29 is 9.18 Å². The van der Waals surface area contributed by atoms with Crippen molar-refractivity contribution in [2.45, 2.75) is 19.3 Å². The summed E-state index contributed by atoms with van der Waals surface area (Å²) in [5, 5.41) is 0. The molecule has 1 fully saturated rings. The summed E-state index contributed by atoms with van der Waals surface area (Å²) in [5.74, 6) is 0.337. The van der Waals surface area contributed by atoms with Crippen molar-refractivity contribution in [3.63, 3.8) is 0 Å². The zero-order valence-electron chi connectivity index (χ0n) is 9.73. The number of nitrogens with two attached hydrogens (primary N) is 1. The van der Waals surface area contributed by atoms with Crippen LogP contribution in [-0.4, -0.2) is 24.0 Å². The minimum atomic E-state index is -0.339. The molecular weight excluding hydrogens is 219 g/mol. The van der Waals surface area contributed by atoms with Gasteiger partial charge in [-0.25, -0.2) is 9.18 Å². The molecule has 92 valence electrons. The van der Waals surface area contributed by atoms with Gasteiger partial charge in [0.15, 0.2) is 0 Å². The van der Waals surface area contributed by atoms with Gasteiger partial charge in [0.2, 0.25) is 0 Å². The highest BCUT2D eigenvalue weighted by Gasteiger charge is 2.21. The average Bonchev–Trinajstić information content (AvgIpc) is 2.29. The molecule has 1 saturated heterocycles. The van der Waals surface area contributed by atoms with E-state index in [4.69, 9.17) is 5.73 Å². The van der Waals surface area contributed by atoms with Crippen molar-refractivity contribution in [2.24, 2.45) is 11.7 Å². The quantitative estimate of drug-likeness (QED) is 0.840. The fraction of sp³-hybridized carbons (Fsp3) is 0.462. The second kappa shape index (κ2) is 5.17. The second-order valence-electron chi connectivity index (χ2n) is 4.60. The molecule has 3 nitrogen and oxygen atoms in total. The Morgan fingerprint density at radius 1 is 1.41 bits per heavy atom. The van der Waals surface area contributed by atoms with Crippen molar-refractivity contribution in [1.82, 2.24) is 4.90 Å². The lowest BCUT2D eigenvalue weighted by Crippen LogP contribution is -2.41. The van der Waals surface area contributed by atoms with Gasteiger partial charge >= 0.3 is 6.03 Å². The lowest BCUT2D eigenvalue weighted by atomic mass is 9.90. The van der Waals surface area contributed by atoms with Gasteiger partial charge in [-0.2, -0.15) is 0 Å². The van der Waals surface area contributed by atoms with Gasteiger partial charge in [0, 0.05) is 13.1 Å². The summed E-state index contributed by atoms with van der Waals surface area (Å²) >= 11 is 0. The summed E-state index contributed by atoms with van der Waals surface area (Å²) in [6, 6.07) is 6.39. The number of piperidine rings is 1. The molecule has 0 spiro atoms. The molecule has 0 aromatic heterocycles. The van der Waals surface area contributed by atoms with Gasteiger partial charge in [-0.15, -0.1) is 0 Å². The first-order valence-electron chi connectivity index (χ1n) is 5.94. The molecule has 0 bridgehead atoms. The Morgan fingerprint density at radius 2 is 2.12 bits per heavy atom. The molecule has 0 radical (unpaired) electrons. The third kappa shape index (κ3) is 3.19. The van der Waals surface area contributed by atoms with Crippen LogP contribution in [0.4, 0.5) is 9.18 Å². The minimum Gasteiger partial charge on any atom is -0.351 e. The Balaban J connectivity index is 1.88. The average molecular weight is 236 g/mol. The summed E-state index contributed by atoms with van der Waals surface area (Å²) < 4.78 is 13.0. The van der Waals surface area contributed by atoms with Crippen LogP contribution >= 0.6 is 0 Å². The van der Waals surface area contributed by atoms with Gasteiger partial charge in [0.05, 0.1) is 0 Å². The number of halogens is 1. The third-order valence-corrected chi connectivity index (χ3v) is 3.34. The minimum absolute atomic E-state index is 0.183. The number of primary amides is 1. The maximum atomic E-state index is 13.0. The van der Waals surface area contributed by atoms with Crippen molar-refractivity contribution in [1.29, 1.82) is 0 Å². The molecule has 1 heterocycles. The van der Waals surface area contributed by atoms with Crippen molar-refractivity contribution in [3.8, 4) is 0 Å². The number of hydrogen-bond donors (Lipinski definition) is 1. The zero-order chi connectivity index (χ0) is 12.3. The predicted molar refractivity (Wildman–Crippen MR) is 64.0 cm³/mol. The molecule has 1 aliphatic rings. The van der Waals surface area contributed by atoms with Gasteiger partial charge in [0.1, 0.15) is 5.82 Å². The van der Waals surface area contributed by atoms with E-state index in [9.17, 15) is 9.18 Å². The maximum absolute atomic E-state index is 13.0. The number of hydrogen-bond acceptors (Lipinski definition) is 1. The number of benzene rings is 1. The number of nitrogens with zero attached hydrogens (tertiary/aromatic N) is 1. The normalized spacial score (nSPS) is 17.1. The largest absolute Gasteiger partial charge is 0.351 e.